The van der Waals surface area contributed by atoms with Gasteiger partial charge >= 0.3 is 0 Å². The van der Waals surface area contributed by atoms with Crippen molar-refractivity contribution in [2.24, 2.45) is 0 Å². The third kappa shape index (κ3) is 4.57. The van der Waals surface area contributed by atoms with E-state index in [1.165, 1.54) is 19.1 Å². The third-order valence-electron chi connectivity index (χ3n) is 5.82. The van der Waals surface area contributed by atoms with Crippen LogP contribution in [0.5, 0.6) is 0 Å². The number of carbonyl (C=O) groups is 1. The molecule has 27 heavy (non-hydrogen) atoms. The van der Waals surface area contributed by atoms with Crippen molar-refractivity contribution >= 4 is 12.0 Å². The molecule has 148 valence electrons. The van der Waals surface area contributed by atoms with Crippen molar-refractivity contribution in [3.8, 4) is 0 Å². The van der Waals surface area contributed by atoms with Crippen molar-refractivity contribution in [2.45, 2.75) is 50.4 Å². The molecule has 1 aromatic carbocycles. The van der Waals surface area contributed by atoms with Gasteiger partial charge in [-0.05, 0) is 43.9 Å². The van der Waals surface area contributed by atoms with Crippen LogP contribution in [0.25, 0.3) is 6.08 Å². The Morgan fingerprint density at radius 3 is 2.63 bits per heavy atom. The van der Waals surface area contributed by atoms with Gasteiger partial charge in [0.15, 0.2) is 0 Å². The smallest absolute Gasteiger partial charge is 0.217 e. The lowest BCUT2D eigenvalue weighted by molar-refractivity contribution is -0.207. The Morgan fingerprint density at radius 1 is 1.33 bits per heavy atom. The zero-order chi connectivity index (χ0) is 19.5. The summed E-state index contributed by atoms with van der Waals surface area (Å²) in [6, 6.07) is 6.43. The van der Waals surface area contributed by atoms with Crippen LogP contribution in [0.4, 0.5) is 4.39 Å². The second-order valence-corrected chi connectivity index (χ2v) is 7.92. The first kappa shape index (κ1) is 20.0. The molecule has 2 atom stereocenters. The van der Waals surface area contributed by atoms with E-state index in [1.54, 1.807) is 12.1 Å². The molecule has 2 N–H and O–H groups in total. The van der Waals surface area contributed by atoms with E-state index in [0.717, 1.165) is 38.0 Å². The second kappa shape index (κ2) is 8.09. The molecule has 0 saturated carbocycles. The Labute approximate surface area is 160 Å². The molecular formula is C21H29FN2O3. The maximum Gasteiger partial charge on any atom is 0.217 e. The quantitative estimate of drug-likeness (QED) is 0.847. The van der Waals surface area contributed by atoms with E-state index < -0.39 is 17.2 Å². The zero-order valence-corrected chi connectivity index (χ0v) is 16.1. The molecule has 0 aliphatic carbocycles. The van der Waals surface area contributed by atoms with Crippen molar-refractivity contribution in [3.05, 3.63) is 41.7 Å². The SMILES string of the molecule is CC(=O)N[C@]1(C)CCOC2(CCN(C/C=C/c3ccc(F)cc3)CC2)[C@H]1O. The number of nitrogens with zero attached hydrogens (tertiary/aromatic N) is 1. The molecule has 1 aromatic rings. The Hall–Kier alpha value is -1.76. The average Bonchev–Trinajstić information content (AvgIpc) is 2.62. The number of nitrogens with one attached hydrogen (secondary N) is 1. The Bertz CT molecular complexity index is 683. The zero-order valence-electron chi connectivity index (χ0n) is 16.1. The van der Waals surface area contributed by atoms with Crippen molar-refractivity contribution in [3.63, 3.8) is 0 Å². The highest BCUT2D eigenvalue weighted by atomic mass is 19.1. The molecule has 2 heterocycles. The monoisotopic (exact) mass is 376 g/mol. The molecule has 0 bridgehead atoms. The summed E-state index contributed by atoms with van der Waals surface area (Å²) in [5.74, 6) is -0.359. The maximum atomic E-state index is 12.9. The summed E-state index contributed by atoms with van der Waals surface area (Å²) in [6.45, 7) is 6.37. The number of halogens is 1. The predicted octanol–water partition coefficient (Wildman–Crippen LogP) is 2.35. The fourth-order valence-electron chi connectivity index (χ4n) is 4.24. The number of benzene rings is 1. The number of aliphatic hydroxyl groups is 1. The standard InChI is InChI=1S/C21H29FN2O3/c1-16(25)23-20(2)11-15-27-21(19(20)26)9-13-24(14-10-21)12-3-4-17-5-7-18(22)8-6-17/h3-8,19,26H,9-15H2,1-2H3,(H,23,25)/b4-3+/t19-,20+/m0/s1. The fourth-order valence-corrected chi connectivity index (χ4v) is 4.24. The molecule has 2 fully saturated rings. The van der Waals surface area contributed by atoms with Gasteiger partial charge in [0.2, 0.25) is 5.91 Å². The van der Waals surface area contributed by atoms with Gasteiger partial charge in [0.1, 0.15) is 11.9 Å². The first-order valence-electron chi connectivity index (χ1n) is 9.58. The molecule has 0 unspecified atom stereocenters. The van der Waals surface area contributed by atoms with Crippen molar-refractivity contribution < 1.29 is 19.0 Å². The number of amides is 1. The van der Waals surface area contributed by atoms with E-state index in [0.29, 0.717) is 13.0 Å². The number of aliphatic hydroxyl groups excluding tert-OH is 1. The van der Waals surface area contributed by atoms with E-state index >= 15 is 0 Å². The van der Waals surface area contributed by atoms with Gasteiger partial charge in [0.05, 0.1) is 11.1 Å². The summed E-state index contributed by atoms with van der Waals surface area (Å²) in [7, 11) is 0. The van der Waals surface area contributed by atoms with Crippen LogP contribution in [0, 0.1) is 5.82 Å². The first-order chi connectivity index (χ1) is 12.8. The Kier molecular flexibility index (Phi) is 5.99. The summed E-state index contributed by atoms with van der Waals surface area (Å²) < 4.78 is 19.0. The van der Waals surface area contributed by atoms with Crippen LogP contribution in [-0.2, 0) is 9.53 Å². The van der Waals surface area contributed by atoms with E-state index in [1.807, 2.05) is 13.0 Å². The highest BCUT2D eigenvalue weighted by molar-refractivity contribution is 5.74. The molecule has 2 saturated heterocycles. The fraction of sp³-hybridized carbons (Fsp3) is 0.571. The number of likely N-dealkylation sites (tertiary alicyclic amines) is 1. The Balaban J connectivity index is 1.56. The minimum Gasteiger partial charge on any atom is -0.388 e. The van der Waals surface area contributed by atoms with Crippen LogP contribution >= 0.6 is 0 Å². The lowest BCUT2D eigenvalue weighted by Crippen LogP contribution is -2.69. The van der Waals surface area contributed by atoms with Gasteiger partial charge in [-0.25, -0.2) is 4.39 Å². The van der Waals surface area contributed by atoms with Crippen LogP contribution in [-0.4, -0.2) is 59.4 Å². The molecule has 5 nitrogen and oxygen atoms in total. The Morgan fingerprint density at radius 2 is 2.00 bits per heavy atom. The molecule has 0 radical (unpaired) electrons. The number of carbonyl (C=O) groups excluding carboxylic acids is 1. The molecule has 2 aliphatic heterocycles. The molecule has 2 aliphatic rings. The largest absolute Gasteiger partial charge is 0.388 e. The second-order valence-electron chi connectivity index (χ2n) is 7.92. The minimum absolute atomic E-state index is 0.128. The molecule has 6 heteroatoms. The van der Waals surface area contributed by atoms with Crippen LogP contribution in [0.3, 0.4) is 0 Å². The third-order valence-corrected chi connectivity index (χ3v) is 5.82. The number of ether oxygens (including phenoxy) is 1. The van der Waals surface area contributed by atoms with Gasteiger partial charge in [0.25, 0.3) is 0 Å². The summed E-state index contributed by atoms with van der Waals surface area (Å²) in [4.78, 5) is 13.9. The van der Waals surface area contributed by atoms with Crippen LogP contribution < -0.4 is 5.32 Å². The molecular weight excluding hydrogens is 347 g/mol. The van der Waals surface area contributed by atoms with Crippen LogP contribution in [0.15, 0.2) is 30.3 Å². The van der Waals surface area contributed by atoms with E-state index in [2.05, 4.69) is 16.3 Å². The number of rotatable bonds is 4. The highest BCUT2D eigenvalue weighted by Crippen LogP contribution is 2.39. The lowest BCUT2D eigenvalue weighted by Gasteiger charge is -2.53. The van der Waals surface area contributed by atoms with Gasteiger partial charge in [0, 0.05) is 33.2 Å². The molecule has 1 amide bonds. The molecule has 3 rings (SSSR count). The summed E-state index contributed by atoms with van der Waals surface area (Å²) in [5.41, 5.74) is -0.261. The van der Waals surface area contributed by atoms with Gasteiger partial charge in [-0.15, -0.1) is 0 Å². The summed E-state index contributed by atoms with van der Waals surface area (Å²) in [5, 5.41) is 13.9. The van der Waals surface area contributed by atoms with E-state index in [-0.39, 0.29) is 11.7 Å². The molecule has 1 spiro atoms. The first-order valence-corrected chi connectivity index (χ1v) is 9.58. The average molecular weight is 376 g/mol. The number of hydrogen-bond donors (Lipinski definition) is 2. The van der Waals surface area contributed by atoms with E-state index in [4.69, 9.17) is 4.74 Å². The van der Waals surface area contributed by atoms with Crippen molar-refractivity contribution in [1.82, 2.24) is 10.2 Å². The normalized spacial score (nSPS) is 28.5. The van der Waals surface area contributed by atoms with Crippen LogP contribution in [0.1, 0.15) is 38.7 Å². The van der Waals surface area contributed by atoms with Gasteiger partial charge in [-0.3, -0.25) is 9.69 Å². The van der Waals surface area contributed by atoms with Crippen molar-refractivity contribution in [1.29, 1.82) is 0 Å². The maximum absolute atomic E-state index is 12.9. The predicted molar refractivity (Wildman–Crippen MR) is 103 cm³/mol. The number of piperidine rings is 1. The van der Waals surface area contributed by atoms with Gasteiger partial charge < -0.3 is 15.2 Å². The molecule has 0 aromatic heterocycles. The summed E-state index contributed by atoms with van der Waals surface area (Å²) >= 11 is 0. The number of hydrogen-bond acceptors (Lipinski definition) is 4. The van der Waals surface area contributed by atoms with Gasteiger partial charge in [-0.2, -0.15) is 0 Å². The van der Waals surface area contributed by atoms with Crippen LogP contribution in [0.2, 0.25) is 0 Å². The van der Waals surface area contributed by atoms with Crippen molar-refractivity contribution in [2.75, 3.05) is 26.2 Å². The minimum atomic E-state index is -0.723. The lowest BCUT2D eigenvalue weighted by atomic mass is 9.73. The summed E-state index contributed by atoms with van der Waals surface area (Å²) in [6.07, 6.45) is 5.41. The topological polar surface area (TPSA) is 61.8 Å². The highest BCUT2D eigenvalue weighted by Gasteiger charge is 2.53. The van der Waals surface area contributed by atoms with Gasteiger partial charge in [-0.1, -0.05) is 24.3 Å². The van der Waals surface area contributed by atoms with E-state index in [9.17, 15) is 14.3 Å².